The van der Waals surface area contributed by atoms with Gasteiger partial charge in [-0.1, -0.05) is 13.8 Å². The van der Waals surface area contributed by atoms with Crippen LogP contribution in [0.15, 0.2) is 0 Å². The summed E-state index contributed by atoms with van der Waals surface area (Å²) in [5, 5.41) is 9.40. The van der Waals surface area contributed by atoms with E-state index in [1.807, 2.05) is 13.8 Å². The minimum absolute atomic E-state index is 0.570. The molecule has 0 aliphatic rings. The van der Waals surface area contributed by atoms with Crippen LogP contribution < -0.4 is 0 Å². The third-order valence-corrected chi connectivity index (χ3v) is 3.17. The fourth-order valence-electron chi connectivity index (χ4n) is 1.58. The lowest BCUT2D eigenvalue weighted by Crippen LogP contribution is -2.50. The minimum atomic E-state index is -1.84. The van der Waals surface area contributed by atoms with Crippen LogP contribution >= 0.6 is 0 Å². The van der Waals surface area contributed by atoms with Crippen LogP contribution in [-0.2, 0) is 13.9 Å². The number of nitrogens with zero attached hydrogens (tertiary/aromatic N) is 1. The van der Waals surface area contributed by atoms with Gasteiger partial charge in [0.15, 0.2) is 20.2 Å². The van der Waals surface area contributed by atoms with Gasteiger partial charge in [-0.2, -0.15) is 5.26 Å². The second-order valence-corrected chi connectivity index (χ2v) is 9.94. The van der Waals surface area contributed by atoms with Crippen LogP contribution in [0.1, 0.15) is 33.6 Å². The molecule has 0 rings (SSSR count). The molecule has 0 bridgehead atoms. The Kier molecular flexibility index (Phi) is 7.72. The molecule has 0 unspecified atom stereocenters. The predicted molar refractivity (Wildman–Crippen MR) is 74.7 cm³/mol. The zero-order valence-corrected chi connectivity index (χ0v) is 13.6. The highest BCUT2D eigenvalue weighted by Crippen LogP contribution is 2.24. The molecule has 0 saturated heterocycles. The molecule has 0 fully saturated rings. The second-order valence-electron chi connectivity index (χ2n) is 5.51. The van der Waals surface area contributed by atoms with Gasteiger partial charge < -0.3 is 13.9 Å². The summed E-state index contributed by atoms with van der Waals surface area (Å²) in [6.07, 6.45) is 1.16. The van der Waals surface area contributed by atoms with E-state index in [0.29, 0.717) is 13.2 Å². The zero-order chi connectivity index (χ0) is 14.2. The summed E-state index contributed by atoms with van der Waals surface area (Å²) in [6, 6.07) is 2.22. The Balaban J connectivity index is 4.82. The molecule has 0 spiro atoms. The van der Waals surface area contributed by atoms with Crippen LogP contribution in [0.5, 0.6) is 0 Å². The zero-order valence-electron chi connectivity index (χ0n) is 12.6. The van der Waals surface area contributed by atoms with Gasteiger partial charge >= 0.3 is 0 Å². The highest BCUT2D eigenvalue weighted by Gasteiger charge is 2.41. The van der Waals surface area contributed by atoms with E-state index < -0.39 is 20.2 Å². The molecule has 0 aliphatic heterocycles. The maximum atomic E-state index is 9.40. The molecule has 18 heavy (non-hydrogen) atoms. The summed E-state index contributed by atoms with van der Waals surface area (Å²) in [5.41, 5.74) is -1.03. The molecular weight excluding hydrogens is 246 g/mol. The Labute approximate surface area is 112 Å². The summed E-state index contributed by atoms with van der Waals surface area (Å²) < 4.78 is 17.3. The van der Waals surface area contributed by atoms with Crippen molar-refractivity contribution in [3.8, 4) is 6.07 Å². The van der Waals surface area contributed by atoms with Crippen molar-refractivity contribution in [1.29, 1.82) is 5.26 Å². The second kappa shape index (κ2) is 7.90. The van der Waals surface area contributed by atoms with Crippen molar-refractivity contribution < 1.29 is 13.9 Å². The first-order valence-electron chi connectivity index (χ1n) is 6.63. The molecule has 0 aromatic heterocycles. The molecule has 0 saturated carbocycles. The minimum Gasteiger partial charge on any atom is -0.396 e. The van der Waals surface area contributed by atoms with Gasteiger partial charge in [0.25, 0.3) is 0 Å². The molecular formula is C13H27NO3Si. The summed E-state index contributed by atoms with van der Waals surface area (Å²) in [5.74, 6) is 0. The van der Waals surface area contributed by atoms with E-state index in [1.54, 1.807) is 6.92 Å². The van der Waals surface area contributed by atoms with Gasteiger partial charge in [0.05, 0.1) is 0 Å². The molecule has 0 aliphatic carbocycles. The Morgan fingerprint density at radius 3 is 1.83 bits per heavy atom. The maximum Gasteiger partial charge on any atom is 0.199 e. The van der Waals surface area contributed by atoms with E-state index in [4.69, 9.17) is 13.9 Å². The molecule has 0 N–H and O–H groups in total. The number of ether oxygens (including phenoxy) is 2. The highest BCUT2D eigenvalue weighted by molar-refractivity contribution is 6.69. The smallest absolute Gasteiger partial charge is 0.199 e. The summed E-state index contributed by atoms with van der Waals surface area (Å²) in [4.78, 5) is 0. The van der Waals surface area contributed by atoms with Gasteiger partial charge in [0.2, 0.25) is 0 Å². The normalized spacial score (nSPS) is 15.4. The van der Waals surface area contributed by atoms with Crippen LogP contribution in [-0.4, -0.2) is 33.4 Å². The molecule has 0 aromatic carbocycles. The van der Waals surface area contributed by atoms with Crippen LogP contribution in [0.4, 0.5) is 0 Å². The predicted octanol–water partition coefficient (Wildman–Crippen LogP) is 3.30. The van der Waals surface area contributed by atoms with Crippen LogP contribution in [0, 0.1) is 11.3 Å². The van der Waals surface area contributed by atoms with Crippen molar-refractivity contribution in [2.45, 2.75) is 65.1 Å². The number of hydrogen-bond acceptors (Lipinski definition) is 4. The van der Waals surface area contributed by atoms with Gasteiger partial charge in [0, 0.05) is 13.2 Å². The highest BCUT2D eigenvalue weighted by atomic mass is 28.4. The average Bonchev–Trinajstić information content (AvgIpc) is 2.26. The van der Waals surface area contributed by atoms with Crippen LogP contribution in [0.3, 0.4) is 0 Å². The monoisotopic (exact) mass is 273 g/mol. The van der Waals surface area contributed by atoms with Gasteiger partial charge in [-0.25, -0.2) is 0 Å². The summed E-state index contributed by atoms with van der Waals surface area (Å²) >= 11 is 0. The summed E-state index contributed by atoms with van der Waals surface area (Å²) in [7, 11) is -1.84. The third-order valence-electron chi connectivity index (χ3n) is 2.14. The lowest BCUT2D eigenvalue weighted by Gasteiger charge is -2.36. The van der Waals surface area contributed by atoms with Crippen molar-refractivity contribution in [3.05, 3.63) is 0 Å². The lowest BCUT2D eigenvalue weighted by atomic mass is 10.1. The van der Waals surface area contributed by atoms with Crippen LogP contribution in [0.2, 0.25) is 19.6 Å². The van der Waals surface area contributed by atoms with Crippen LogP contribution in [0.25, 0.3) is 0 Å². The standard InChI is InChI=1S/C13H27NO3Si/c1-7-9-15-12(16-10-8-2)13(3,11-14)17-18(4,5)6/h12H,7-10H2,1-6H3/t13-/m0/s1. The van der Waals surface area contributed by atoms with Crippen molar-refractivity contribution in [1.82, 2.24) is 0 Å². The molecule has 0 heterocycles. The molecule has 0 radical (unpaired) electrons. The van der Waals surface area contributed by atoms with Gasteiger partial charge in [0.1, 0.15) is 6.07 Å². The Hall–Kier alpha value is -0.413. The quantitative estimate of drug-likeness (QED) is 0.478. The van der Waals surface area contributed by atoms with Crippen molar-refractivity contribution >= 4 is 8.32 Å². The first-order valence-corrected chi connectivity index (χ1v) is 10.0. The molecule has 4 nitrogen and oxygen atoms in total. The molecule has 0 amide bonds. The molecule has 0 aromatic rings. The lowest BCUT2D eigenvalue weighted by molar-refractivity contribution is -0.208. The van der Waals surface area contributed by atoms with E-state index >= 15 is 0 Å². The van der Waals surface area contributed by atoms with Crippen molar-refractivity contribution in [3.63, 3.8) is 0 Å². The first kappa shape index (κ1) is 17.6. The fourth-order valence-corrected chi connectivity index (χ4v) is 2.99. The number of nitriles is 1. The Bertz CT molecular complexity index is 264. The summed E-state index contributed by atoms with van der Waals surface area (Å²) in [6.45, 7) is 13.1. The van der Waals surface area contributed by atoms with E-state index in [2.05, 4.69) is 25.7 Å². The van der Waals surface area contributed by atoms with Gasteiger partial charge in [-0.3, -0.25) is 0 Å². The fraction of sp³-hybridized carbons (Fsp3) is 0.923. The SMILES string of the molecule is CCCOC(OCCC)[C@](C)(C#N)O[Si](C)(C)C. The topological polar surface area (TPSA) is 51.5 Å². The van der Waals surface area contributed by atoms with E-state index in [-0.39, 0.29) is 0 Å². The Morgan fingerprint density at radius 1 is 1.11 bits per heavy atom. The molecule has 1 atom stereocenters. The van der Waals surface area contributed by atoms with E-state index in [1.165, 1.54) is 0 Å². The van der Waals surface area contributed by atoms with E-state index in [0.717, 1.165) is 12.8 Å². The van der Waals surface area contributed by atoms with Crippen molar-refractivity contribution in [2.24, 2.45) is 0 Å². The number of hydrogen-bond donors (Lipinski definition) is 0. The van der Waals surface area contributed by atoms with Gasteiger partial charge in [-0.15, -0.1) is 0 Å². The maximum absolute atomic E-state index is 9.40. The van der Waals surface area contributed by atoms with Gasteiger partial charge in [-0.05, 0) is 39.4 Å². The third kappa shape index (κ3) is 6.50. The first-order chi connectivity index (χ1) is 8.29. The van der Waals surface area contributed by atoms with Crippen molar-refractivity contribution in [2.75, 3.05) is 13.2 Å². The van der Waals surface area contributed by atoms with E-state index in [9.17, 15) is 5.26 Å². The molecule has 5 heteroatoms. The largest absolute Gasteiger partial charge is 0.396 e. The molecule has 106 valence electrons. The number of rotatable bonds is 9. The average molecular weight is 273 g/mol. The Morgan fingerprint density at radius 2 is 1.56 bits per heavy atom.